The summed E-state index contributed by atoms with van der Waals surface area (Å²) in [7, 11) is 0. The predicted molar refractivity (Wildman–Crippen MR) is 154 cm³/mol. The Labute approximate surface area is 240 Å². The lowest BCUT2D eigenvalue weighted by atomic mass is 10.2. The zero-order valence-electron chi connectivity index (χ0n) is 22.7. The Kier molecular flexibility index (Phi) is 8.44. The van der Waals surface area contributed by atoms with Crippen LogP contribution in [0.5, 0.6) is 11.5 Å². The van der Waals surface area contributed by atoms with E-state index in [0.29, 0.717) is 47.1 Å². The number of H-pyrrole nitrogens is 1. The summed E-state index contributed by atoms with van der Waals surface area (Å²) in [6.45, 7) is 2.40. The Balaban J connectivity index is 1.15. The lowest BCUT2D eigenvalue weighted by molar-refractivity contribution is -0.129. The fourth-order valence-electron chi connectivity index (χ4n) is 4.40. The van der Waals surface area contributed by atoms with Gasteiger partial charge in [0.2, 0.25) is 5.91 Å². The van der Waals surface area contributed by atoms with Gasteiger partial charge in [0.25, 0.3) is 5.91 Å². The Morgan fingerprint density at radius 3 is 2.64 bits per heavy atom. The van der Waals surface area contributed by atoms with E-state index in [1.54, 1.807) is 67.7 Å². The van der Waals surface area contributed by atoms with Gasteiger partial charge < -0.3 is 35.7 Å². The number of rotatable bonds is 8. The second-order valence-electron chi connectivity index (χ2n) is 9.83. The molecule has 1 atom stereocenters. The number of nitrogens with zero attached hydrogens (tertiary/aromatic N) is 2. The van der Waals surface area contributed by atoms with Gasteiger partial charge in [-0.05, 0) is 67.4 Å². The standard InChI is InChI=1S/C30H29FN6O5/c1-18-2-7-24(31)25(12-18)36-30(41)35-20-3-5-22(6-4-20)42-23-8-10-32-27(14-23)26-13-19(15-33-26)29(40)34-16-28(39)37-11-9-21(38)17-37/h2-8,10,12-15,21,33,38H,9,11,16-17H2,1H3,(H,34,40)(H2,35,36,41). The molecule has 42 heavy (non-hydrogen) atoms. The largest absolute Gasteiger partial charge is 0.457 e. The summed E-state index contributed by atoms with van der Waals surface area (Å²) in [4.78, 5) is 46.0. The second kappa shape index (κ2) is 12.5. The number of benzene rings is 2. The highest BCUT2D eigenvalue weighted by molar-refractivity contribution is 6.00. The molecule has 4 amide bonds. The average molecular weight is 573 g/mol. The van der Waals surface area contributed by atoms with Crippen LogP contribution in [0.1, 0.15) is 22.3 Å². The number of halogens is 1. The van der Waals surface area contributed by atoms with Crippen LogP contribution < -0.4 is 20.7 Å². The van der Waals surface area contributed by atoms with Crippen LogP contribution >= 0.6 is 0 Å². The molecule has 3 heterocycles. The van der Waals surface area contributed by atoms with Gasteiger partial charge in [0.1, 0.15) is 17.3 Å². The number of hydrogen-bond acceptors (Lipinski definition) is 6. The van der Waals surface area contributed by atoms with Crippen molar-refractivity contribution in [3.63, 3.8) is 0 Å². The van der Waals surface area contributed by atoms with Crippen molar-refractivity contribution in [1.82, 2.24) is 20.2 Å². The smallest absolute Gasteiger partial charge is 0.323 e. The first kappa shape index (κ1) is 28.3. The van der Waals surface area contributed by atoms with Crippen LogP contribution in [0.3, 0.4) is 0 Å². The molecule has 2 aromatic carbocycles. The highest BCUT2D eigenvalue weighted by Crippen LogP contribution is 2.27. The topological polar surface area (TPSA) is 149 Å². The van der Waals surface area contributed by atoms with E-state index in [4.69, 9.17) is 4.74 Å². The number of aliphatic hydroxyl groups excluding tert-OH is 1. The molecule has 0 spiro atoms. The number of urea groups is 1. The third kappa shape index (κ3) is 7.09. The molecular weight excluding hydrogens is 543 g/mol. The maximum absolute atomic E-state index is 13.9. The maximum Gasteiger partial charge on any atom is 0.323 e. The predicted octanol–water partition coefficient (Wildman–Crippen LogP) is 4.28. The van der Waals surface area contributed by atoms with Gasteiger partial charge in [0, 0.05) is 37.2 Å². The van der Waals surface area contributed by atoms with Crippen molar-refractivity contribution in [2.75, 3.05) is 30.3 Å². The normalized spacial score (nSPS) is 14.4. The molecule has 1 fully saturated rings. The lowest BCUT2D eigenvalue weighted by Crippen LogP contribution is -2.39. The second-order valence-corrected chi connectivity index (χ2v) is 9.83. The van der Waals surface area contributed by atoms with Gasteiger partial charge in [-0.1, -0.05) is 6.07 Å². The van der Waals surface area contributed by atoms with Crippen molar-refractivity contribution in [2.24, 2.45) is 0 Å². The van der Waals surface area contributed by atoms with Crippen LogP contribution in [0.25, 0.3) is 11.4 Å². The molecule has 0 saturated carbocycles. The van der Waals surface area contributed by atoms with E-state index in [1.807, 2.05) is 0 Å². The molecule has 0 aliphatic carbocycles. The van der Waals surface area contributed by atoms with E-state index in [0.717, 1.165) is 5.56 Å². The number of ether oxygens (including phenoxy) is 1. The fraction of sp³-hybridized carbons (Fsp3) is 0.200. The Bertz CT molecular complexity index is 1610. The van der Waals surface area contributed by atoms with Crippen LogP contribution in [0.2, 0.25) is 0 Å². The summed E-state index contributed by atoms with van der Waals surface area (Å²) in [5, 5.41) is 17.3. The van der Waals surface area contributed by atoms with Crippen molar-refractivity contribution >= 4 is 29.2 Å². The van der Waals surface area contributed by atoms with Crippen molar-refractivity contribution in [3.8, 4) is 22.9 Å². The molecule has 5 N–H and O–H groups in total. The Morgan fingerprint density at radius 1 is 1.07 bits per heavy atom. The number of β-amino-alcohol motifs (C(OH)–C–C–N with tert-alkyl or cyclic N) is 1. The maximum atomic E-state index is 13.9. The number of aliphatic hydroxyl groups is 1. The number of aryl methyl sites for hydroxylation is 1. The number of hydrogen-bond donors (Lipinski definition) is 5. The minimum Gasteiger partial charge on any atom is -0.457 e. The van der Waals surface area contributed by atoms with Crippen molar-refractivity contribution in [1.29, 1.82) is 0 Å². The highest BCUT2D eigenvalue weighted by Gasteiger charge is 2.24. The Hall–Kier alpha value is -5.23. The number of amides is 4. The monoisotopic (exact) mass is 572 g/mol. The summed E-state index contributed by atoms with van der Waals surface area (Å²) >= 11 is 0. The van der Waals surface area contributed by atoms with E-state index in [2.05, 4.69) is 25.9 Å². The third-order valence-electron chi connectivity index (χ3n) is 6.59. The average Bonchev–Trinajstić information content (AvgIpc) is 3.65. The van der Waals surface area contributed by atoms with E-state index in [1.165, 1.54) is 17.2 Å². The number of carbonyl (C=O) groups is 3. The zero-order chi connectivity index (χ0) is 29.6. The van der Waals surface area contributed by atoms with E-state index in [-0.39, 0.29) is 24.7 Å². The first-order valence-electron chi connectivity index (χ1n) is 13.2. The zero-order valence-corrected chi connectivity index (χ0v) is 22.7. The molecule has 1 aliphatic rings. The summed E-state index contributed by atoms with van der Waals surface area (Å²) in [5.74, 6) is -0.185. The number of likely N-dealkylation sites (tertiary alicyclic amines) is 1. The van der Waals surface area contributed by atoms with Crippen molar-refractivity contribution in [3.05, 3.63) is 90.0 Å². The number of aromatic amines is 1. The van der Waals surface area contributed by atoms with Crippen molar-refractivity contribution in [2.45, 2.75) is 19.4 Å². The highest BCUT2D eigenvalue weighted by atomic mass is 19.1. The minimum absolute atomic E-state index is 0.0879. The molecule has 5 rings (SSSR count). The van der Waals surface area contributed by atoms with Gasteiger partial charge in [0.15, 0.2) is 0 Å². The van der Waals surface area contributed by atoms with Gasteiger partial charge in [0.05, 0.1) is 35.3 Å². The first-order valence-corrected chi connectivity index (χ1v) is 13.2. The van der Waals surface area contributed by atoms with Crippen LogP contribution in [0.15, 0.2) is 73.1 Å². The van der Waals surface area contributed by atoms with E-state index in [9.17, 15) is 23.9 Å². The molecule has 12 heteroatoms. The molecule has 1 aliphatic heterocycles. The molecule has 216 valence electrons. The molecule has 2 aromatic heterocycles. The first-order chi connectivity index (χ1) is 20.2. The molecule has 1 unspecified atom stereocenters. The number of pyridine rings is 1. The molecule has 11 nitrogen and oxygen atoms in total. The van der Waals surface area contributed by atoms with Gasteiger partial charge in [-0.3, -0.25) is 14.6 Å². The van der Waals surface area contributed by atoms with Crippen LogP contribution in [0.4, 0.5) is 20.6 Å². The van der Waals surface area contributed by atoms with Crippen molar-refractivity contribution < 1.29 is 28.6 Å². The van der Waals surface area contributed by atoms with Crippen LogP contribution in [-0.4, -0.2) is 63.6 Å². The number of nitrogens with one attached hydrogen (secondary N) is 4. The summed E-state index contributed by atoms with van der Waals surface area (Å²) in [5.41, 5.74) is 2.84. The summed E-state index contributed by atoms with van der Waals surface area (Å²) < 4.78 is 19.8. The van der Waals surface area contributed by atoms with Gasteiger partial charge in [-0.2, -0.15) is 0 Å². The molecular formula is C30H29FN6O5. The quantitative estimate of drug-likeness (QED) is 0.213. The van der Waals surface area contributed by atoms with Gasteiger partial charge in [-0.25, -0.2) is 9.18 Å². The SMILES string of the molecule is Cc1ccc(F)c(NC(=O)Nc2ccc(Oc3ccnc(-c4cc(C(=O)NCC(=O)N5CCC(O)C5)c[nH]4)c3)cc2)c1. The fourth-order valence-corrected chi connectivity index (χ4v) is 4.40. The number of aromatic nitrogens is 2. The summed E-state index contributed by atoms with van der Waals surface area (Å²) in [6.07, 6.45) is 3.12. The van der Waals surface area contributed by atoms with E-state index < -0.39 is 23.9 Å². The molecule has 0 radical (unpaired) electrons. The van der Waals surface area contributed by atoms with Crippen LogP contribution in [-0.2, 0) is 4.79 Å². The van der Waals surface area contributed by atoms with Crippen LogP contribution in [0, 0.1) is 12.7 Å². The molecule has 0 bridgehead atoms. The van der Waals surface area contributed by atoms with Gasteiger partial charge >= 0.3 is 6.03 Å². The molecule has 4 aromatic rings. The lowest BCUT2D eigenvalue weighted by Gasteiger charge is -2.15. The number of anilines is 2. The molecule has 1 saturated heterocycles. The summed E-state index contributed by atoms with van der Waals surface area (Å²) in [6, 6.07) is 15.5. The minimum atomic E-state index is -0.580. The third-order valence-corrected chi connectivity index (χ3v) is 6.59. The Morgan fingerprint density at radius 2 is 1.88 bits per heavy atom. The van der Waals surface area contributed by atoms with Gasteiger partial charge in [-0.15, -0.1) is 0 Å². The number of carbonyl (C=O) groups excluding carboxylic acids is 3. The van der Waals surface area contributed by atoms with E-state index >= 15 is 0 Å².